The zero-order chi connectivity index (χ0) is 19.1. The highest BCUT2D eigenvalue weighted by Gasteiger charge is 2.15. The molecule has 0 saturated carbocycles. The zero-order valence-electron chi connectivity index (χ0n) is 14.9. The molecule has 0 aliphatic rings. The number of nitriles is 1. The lowest BCUT2D eigenvalue weighted by Crippen LogP contribution is -2.15. The Hall–Kier alpha value is -3.40. The molecule has 0 N–H and O–H groups in total. The third-order valence-corrected chi connectivity index (χ3v) is 3.41. The lowest BCUT2D eigenvalue weighted by atomic mass is 10.1. The second-order valence-corrected chi connectivity index (χ2v) is 5.48. The van der Waals surface area contributed by atoms with Crippen LogP contribution in [0.5, 0.6) is 5.75 Å². The number of esters is 1. The lowest BCUT2D eigenvalue weighted by molar-refractivity contribution is -0.145. The molecule has 1 aromatic heterocycles. The maximum absolute atomic E-state index is 12.5. The van der Waals surface area contributed by atoms with E-state index in [9.17, 15) is 14.9 Å². The van der Waals surface area contributed by atoms with Gasteiger partial charge in [0.1, 0.15) is 17.4 Å². The van der Waals surface area contributed by atoms with Crippen LogP contribution in [0.1, 0.15) is 28.7 Å². The van der Waals surface area contributed by atoms with Gasteiger partial charge in [-0.1, -0.05) is 12.1 Å². The van der Waals surface area contributed by atoms with Crippen LogP contribution in [0, 0.1) is 25.2 Å². The van der Waals surface area contributed by atoms with E-state index in [0.717, 1.165) is 0 Å². The van der Waals surface area contributed by atoms with Crippen molar-refractivity contribution in [1.82, 2.24) is 9.78 Å². The van der Waals surface area contributed by atoms with Gasteiger partial charge in [-0.15, -0.1) is 0 Å². The molecular formula is C19H19N3O4. The molecular weight excluding hydrogens is 334 g/mol. The SMILES string of the molecule is CCOC(=O)COc1ccc(/C=C(\C#N)C(=O)n2nc(C)cc2C)cc1. The predicted octanol–water partition coefficient (Wildman–Crippen LogP) is 2.69. The summed E-state index contributed by atoms with van der Waals surface area (Å²) in [5, 5.41) is 13.4. The summed E-state index contributed by atoms with van der Waals surface area (Å²) in [6.07, 6.45) is 1.48. The van der Waals surface area contributed by atoms with Crippen molar-refractivity contribution in [2.75, 3.05) is 13.2 Å². The number of carbonyl (C=O) groups is 2. The van der Waals surface area contributed by atoms with Crippen LogP contribution in [0.2, 0.25) is 0 Å². The van der Waals surface area contributed by atoms with Crippen LogP contribution in [-0.2, 0) is 9.53 Å². The van der Waals surface area contributed by atoms with E-state index in [0.29, 0.717) is 29.3 Å². The predicted molar refractivity (Wildman–Crippen MR) is 94.5 cm³/mol. The number of rotatable bonds is 6. The fraction of sp³-hybridized carbons (Fsp3) is 0.263. The molecule has 0 amide bonds. The number of nitrogens with zero attached hydrogens (tertiary/aromatic N) is 3. The topological polar surface area (TPSA) is 94.2 Å². The molecule has 26 heavy (non-hydrogen) atoms. The van der Waals surface area contributed by atoms with Crippen LogP contribution in [0.25, 0.3) is 6.08 Å². The molecule has 0 atom stereocenters. The van der Waals surface area contributed by atoms with E-state index < -0.39 is 11.9 Å². The number of hydrogen-bond donors (Lipinski definition) is 0. The molecule has 1 aromatic carbocycles. The minimum atomic E-state index is -0.485. The first kappa shape index (κ1) is 18.9. The maximum Gasteiger partial charge on any atom is 0.344 e. The van der Waals surface area contributed by atoms with E-state index in [-0.39, 0.29) is 12.2 Å². The monoisotopic (exact) mass is 353 g/mol. The van der Waals surface area contributed by atoms with Crippen LogP contribution in [0.4, 0.5) is 0 Å². The summed E-state index contributed by atoms with van der Waals surface area (Å²) >= 11 is 0. The molecule has 0 aliphatic heterocycles. The molecule has 134 valence electrons. The molecule has 7 nitrogen and oxygen atoms in total. The summed E-state index contributed by atoms with van der Waals surface area (Å²) in [4.78, 5) is 23.7. The molecule has 0 aliphatic carbocycles. The first-order valence-electron chi connectivity index (χ1n) is 8.03. The van der Waals surface area contributed by atoms with Gasteiger partial charge in [0.25, 0.3) is 5.91 Å². The average molecular weight is 353 g/mol. The molecule has 0 radical (unpaired) electrons. The van der Waals surface area contributed by atoms with Crippen molar-refractivity contribution in [3.63, 3.8) is 0 Å². The van der Waals surface area contributed by atoms with Crippen LogP contribution in [0.15, 0.2) is 35.9 Å². The Morgan fingerprint density at radius 2 is 1.96 bits per heavy atom. The first-order valence-corrected chi connectivity index (χ1v) is 8.03. The molecule has 0 fully saturated rings. The molecule has 2 aromatic rings. The standard InChI is InChI=1S/C19H19N3O4/c1-4-25-18(23)12-26-17-7-5-15(6-8-17)10-16(11-20)19(24)22-14(3)9-13(2)21-22/h5-10H,4,12H2,1-3H3/b16-10+. The number of hydrogen-bond acceptors (Lipinski definition) is 6. The van der Waals surface area contributed by atoms with Gasteiger partial charge in [0.15, 0.2) is 6.61 Å². The fourth-order valence-electron chi connectivity index (χ4n) is 2.26. The summed E-state index contributed by atoms with van der Waals surface area (Å²) in [6, 6.07) is 10.3. The highest BCUT2D eigenvalue weighted by molar-refractivity contribution is 6.03. The van der Waals surface area contributed by atoms with Gasteiger partial charge >= 0.3 is 5.97 Å². The van der Waals surface area contributed by atoms with Gasteiger partial charge in [0.2, 0.25) is 0 Å². The van der Waals surface area contributed by atoms with Crippen molar-refractivity contribution in [1.29, 1.82) is 5.26 Å². The smallest absolute Gasteiger partial charge is 0.344 e. The lowest BCUT2D eigenvalue weighted by Gasteiger charge is -2.06. The third kappa shape index (κ3) is 4.80. The number of benzene rings is 1. The Labute approximate surface area is 151 Å². The van der Waals surface area contributed by atoms with Gasteiger partial charge < -0.3 is 9.47 Å². The van der Waals surface area contributed by atoms with Gasteiger partial charge in [0, 0.05) is 5.69 Å². The van der Waals surface area contributed by atoms with E-state index in [4.69, 9.17) is 9.47 Å². The van der Waals surface area contributed by atoms with Crippen LogP contribution >= 0.6 is 0 Å². The van der Waals surface area contributed by atoms with Crippen molar-refractivity contribution >= 4 is 18.0 Å². The highest BCUT2D eigenvalue weighted by Crippen LogP contribution is 2.16. The Kier molecular flexibility index (Phi) is 6.28. The summed E-state index contributed by atoms with van der Waals surface area (Å²) in [5.41, 5.74) is 1.99. The largest absolute Gasteiger partial charge is 0.482 e. The number of allylic oxidation sites excluding steroid dienone is 1. The van der Waals surface area contributed by atoms with Crippen molar-refractivity contribution in [2.45, 2.75) is 20.8 Å². The molecule has 0 bridgehead atoms. The van der Waals surface area contributed by atoms with Gasteiger partial charge in [0.05, 0.1) is 12.3 Å². The Bertz CT molecular complexity index is 873. The average Bonchev–Trinajstić information content (AvgIpc) is 2.97. The van der Waals surface area contributed by atoms with Crippen molar-refractivity contribution < 1.29 is 19.1 Å². The summed E-state index contributed by atoms with van der Waals surface area (Å²) in [5.74, 6) is -0.446. The van der Waals surface area contributed by atoms with E-state index in [1.165, 1.54) is 10.8 Å². The van der Waals surface area contributed by atoms with Gasteiger partial charge in [-0.2, -0.15) is 10.4 Å². The van der Waals surface area contributed by atoms with E-state index in [1.807, 2.05) is 6.07 Å². The summed E-state index contributed by atoms with van der Waals surface area (Å²) in [7, 11) is 0. The van der Waals surface area contributed by atoms with Crippen LogP contribution in [-0.4, -0.2) is 34.9 Å². The number of aromatic nitrogens is 2. The van der Waals surface area contributed by atoms with E-state index >= 15 is 0 Å². The van der Waals surface area contributed by atoms with Crippen molar-refractivity contribution in [3.8, 4) is 11.8 Å². The molecule has 2 rings (SSSR count). The zero-order valence-corrected chi connectivity index (χ0v) is 14.9. The third-order valence-electron chi connectivity index (χ3n) is 3.41. The minimum Gasteiger partial charge on any atom is -0.482 e. The second-order valence-electron chi connectivity index (χ2n) is 5.48. The van der Waals surface area contributed by atoms with Crippen molar-refractivity contribution in [3.05, 3.63) is 52.9 Å². The summed E-state index contributed by atoms with van der Waals surface area (Å²) < 4.78 is 11.3. The quantitative estimate of drug-likeness (QED) is 0.450. The molecule has 0 spiro atoms. The summed E-state index contributed by atoms with van der Waals surface area (Å²) in [6.45, 7) is 5.37. The van der Waals surface area contributed by atoms with E-state index in [1.54, 1.807) is 51.1 Å². The number of carbonyl (C=O) groups excluding carboxylic acids is 2. The number of ether oxygens (including phenoxy) is 2. The highest BCUT2D eigenvalue weighted by atomic mass is 16.6. The van der Waals surface area contributed by atoms with Crippen molar-refractivity contribution in [2.24, 2.45) is 0 Å². The van der Waals surface area contributed by atoms with Gasteiger partial charge in [-0.3, -0.25) is 4.79 Å². The fourth-order valence-corrected chi connectivity index (χ4v) is 2.26. The molecule has 0 unspecified atom stereocenters. The van der Waals surface area contributed by atoms with Crippen LogP contribution in [0.3, 0.4) is 0 Å². The Morgan fingerprint density at radius 3 is 2.50 bits per heavy atom. The number of aryl methyl sites for hydroxylation is 2. The van der Waals surface area contributed by atoms with E-state index in [2.05, 4.69) is 5.10 Å². The van der Waals surface area contributed by atoms with Gasteiger partial charge in [-0.25, -0.2) is 9.48 Å². The van der Waals surface area contributed by atoms with Crippen LogP contribution < -0.4 is 4.74 Å². The normalized spacial score (nSPS) is 10.9. The second kappa shape index (κ2) is 8.62. The Morgan fingerprint density at radius 1 is 1.27 bits per heavy atom. The molecule has 7 heteroatoms. The molecule has 0 saturated heterocycles. The first-order chi connectivity index (χ1) is 12.4. The molecule has 1 heterocycles. The minimum absolute atomic E-state index is 0.0311. The Balaban J connectivity index is 2.12. The maximum atomic E-state index is 12.5. The van der Waals surface area contributed by atoms with Gasteiger partial charge in [-0.05, 0) is 50.6 Å².